The van der Waals surface area contributed by atoms with Crippen LogP contribution in [0.4, 0.5) is 10.2 Å². The Morgan fingerprint density at radius 3 is 2.70 bits per heavy atom. The van der Waals surface area contributed by atoms with E-state index in [4.69, 9.17) is 18.0 Å². The minimum atomic E-state index is -0.253. The zero-order chi connectivity index (χ0) is 14.7. The van der Waals surface area contributed by atoms with Crippen LogP contribution in [0, 0.1) is 12.7 Å². The lowest BCUT2D eigenvalue weighted by molar-refractivity contribution is 0.600. The second-order valence-corrected chi connectivity index (χ2v) is 5.04. The lowest BCUT2D eigenvalue weighted by Gasteiger charge is -2.18. The number of aromatic nitrogens is 1. The van der Waals surface area contributed by atoms with Crippen LogP contribution in [0.5, 0.6) is 0 Å². The number of halogens is 1. The van der Waals surface area contributed by atoms with Gasteiger partial charge in [-0.2, -0.15) is 0 Å². The fourth-order valence-electron chi connectivity index (χ4n) is 2.09. The van der Waals surface area contributed by atoms with Crippen molar-refractivity contribution >= 4 is 23.0 Å². The number of rotatable bonds is 4. The highest BCUT2D eigenvalue weighted by atomic mass is 32.1. The smallest absolute Gasteiger partial charge is 0.136 e. The molecule has 0 saturated carbocycles. The first-order valence-electron chi connectivity index (χ1n) is 6.27. The van der Waals surface area contributed by atoms with Crippen molar-refractivity contribution in [3.8, 4) is 0 Å². The van der Waals surface area contributed by atoms with Crippen LogP contribution in [0.2, 0.25) is 0 Å². The molecule has 0 aliphatic rings. The molecule has 3 nitrogen and oxygen atoms in total. The molecule has 0 amide bonds. The molecule has 2 aromatic rings. The highest BCUT2D eigenvalue weighted by Gasteiger charge is 2.15. The number of thiocarbonyl (C=S) groups is 1. The molecule has 2 rings (SSSR count). The van der Waals surface area contributed by atoms with Crippen molar-refractivity contribution in [3.05, 3.63) is 59.0 Å². The Balaban J connectivity index is 2.33. The van der Waals surface area contributed by atoms with E-state index in [1.807, 2.05) is 19.9 Å². The summed E-state index contributed by atoms with van der Waals surface area (Å²) in [5.74, 6) is 0.324. The maximum absolute atomic E-state index is 13.8. The molecule has 0 spiro atoms. The number of hydrogen-bond acceptors (Lipinski definition) is 3. The number of anilines is 1. The zero-order valence-corrected chi connectivity index (χ0v) is 12.2. The first-order valence-corrected chi connectivity index (χ1v) is 6.68. The summed E-state index contributed by atoms with van der Waals surface area (Å²) >= 11 is 5.06. The third kappa shape index (κ3) is 2.93. The van der Waals surface area contributed by atoms with Crippen molar-refractivity contribution in [2.75, 3.05) is 5.32 Å². The van der Waals surface area contributed by atoms with E-state index in [-0.39, 0.29) is 16.8 Å². The summed E-state index contributed by atoms with van der Waals surface area (Å²) in [6.45, 7) is 3.78. The van der Waals surface area contributed by atoms with Crippen molar-refractivity contribution < 1.29 is 4.39 Å². The summed E-state index contributed by atoms with van der Waals surface area (Å²) in [5, 5.41) is 3.17. The Bertz CT molecular complexity index is 643. The van der Waals surface area contributed by atoms with Crippen molar-refractivity contribution in [2.45, 2.75) is 19.9 Å². The Morgan fingerprint density at radius 2 is 2.05 bits per heavy atom. The van der Waals surface area contributed by atoms with Crippen molar-refractivity contribution in [3.63, 3.8) is 0 Å². The molecule has 0 aliphatic heterocycles. The molecule has 20 heavy (non-hydrogen) atoms. The van der Waals surface area contributed by atoms with Gasteiger partial charge in [-0.1, -0.05) is 30.4 Å². The number of benzene rings is 1. The van der Waals surface area contributed by atoms with Gasteiger partial charge < -0.3 is 11.1 Å². The second-order valence-electron chi connectivity index (χ2n) is 4.60. The minimum Gasteiger partial charge on any atom is -0.389 e. The summed E-state index contributed by atoms with van der Waals surface area (Å²) in [4.78, 5) is 4.53. The average Bonchev–Trinajstić information content (AvgIpc) is 2.38. The molecule has 1 atom stereocenters. The molecule has 1 aromatic heterocycles. The van der Waals surface area contributed by atoms with E-state index in [2.05, 4.69) is 10.3 Å². The lowest BCUT2D eigenvalue weighted by atomic mass is 10.1. The van der Waals surface area contributed by atoms with Crippen LogP contribution in [0.1, 0.15) is 29.7 Å². The number of nitrogens with one attached hydrogen (secondary N) is 1. The second kappa shape index (κ2) is 5.96. The fourth-order valence-corrected chi connectivity index (χ4v) is 2.35. The highest BCUT2D eigenvalue weighted by molar-refractivity contribution is 7.80. The standard InChI is InChI=1S/C15H16FN3S/c1-9-7-8-18-15(13(9)14(17)20)19-10(2)11-5-3-4-6-12(11)16/h3-8,10H,1-2H3,(H2,17,20)(H,18,19). The first kappa shape index (κ1) is 14.4. The van der Waals surface area contributed by atoms with Gasteiger partial charge in [0.1, 0.15) is 16.6 Å². The van der Waals surface area contributed by atoms with Gasteiger partial charge in [0.15, 0.2) is 0 Å². The number of nitrogens with zero attached hydrogens (tertiary/aromatic N) is 1. The summed E-state index contributed by atoms with van der Waals surface area (Å²) in [6.07, 6.45) is 1.67. The van der Waals surface area contributed by atoms with E-state index in [1.54, 1.807) is 24.4 Å². The molecule has 0 bridgehead atoms. The molecular weight excluding hydrogens is 273 g/mol. The van der Waals surface area contributed by atoms with Crippen LogP contribution >= 0.6 is 12.2 Å². The molecule has 1 aromatic carbocycles. The van der Waals surface area contributed by atoms with E-state index in [1.165, 1.54) is 6.07 Å². The summed E-state index contributed by atoms with van der Waals surface area (Å²) < 4.78 is 13.8. The number of aryl methyl sites for hydroxylation is 1. The Kier molecular flexibility index (Phi) is 4.29. The van der Waals surface area contributed by atoms with E-state index < -0.39 is 0 Å². The molecule has 5 heteroatoms. The Morgan fingerprint density at radius 1 is 1.35 bits per heavy atom. The Labute approximate surface area is 123 Å². The topological polar surface area (TPSA) is 50.9 Å². The van der Waals surface area contributed by atoms with Gasteiger partial charge in [-0.3, -0.25) is 0 Å². The van der Waals surface area contributed by atoms with Gasteiger partial charge in [-0.15, -0.1) is 0 Å². The minimum absolute atomic E-state index is 0.237. The molecule has 0 aliphatic carbocycles. The van der Waals surface area contributed by atoms with Gasteiger partial charge >= 0.3 is 0 Å². The molecule has 0 fully saturated rings. The van der Waals surface area contributed by atoms with Crippen LogP contribution in [-0.4, -0.2) is 9.97 Å². The number of pyridine rings is 1. The monoisotopic (exact) mass is 289 g/mol. The summed E-state index contributed by atoms with van der Waals surface area (Å²) in [7, 11) is 0. The van der Waals surface area contributed by atoms with Gasteiger partial charge in [0.2, 0.25) is 0 Å². The third-order valence-corrected chi connectivity index (χ3v) is 3.33. The van der Waals surface area contributed by atoms with Crippen LogP contribution in [0.3, 0.4) is 0 Å². The van der Waals surface area contributed by atoms with E-state index in [0.717, 1.165) is 5.56 Å². The largest absolute Gasteiger partial charge is 0.389 e. The van der Waals surface area contributed by atoms with Crippen LogP contribution in [0.15, 0.2) is 36.5 Å². The van der Waals surface area contributed by atoms with Crippen molar-refractivity contribution in [1.29, 1.82) is 0 Å². The third-order valence-electron chi connectivity index (χ3n) is 3.13. The molecule has 3 N–H and O–H groups in total. The van der Waals surface area contributed by atoms with Gasteiger partial charge in [0, 0.05) is 11.8 Å². The Hall–Kier alpha value is -2.01. The first-order chi connectivity index (χ1) is 9.50. The zero-order valence-electron chi connectivity index (χ0n) is 11.4. The summed E-state index contributed by atoms with van der Waals surface area (Å²) in [5.41, 5.74) is 7.95. The van der Waals surface area contributed by atoms with E-state index >= 15 is 0 Å². The maximum Gasteiger partial charge on any atom is 0.136 e. The van der Waals surface area contributed by atoms with E-state index in [9.17, 15) is 4.39 Å². The summed E-state index contributed by atoms with van der Waals surface area (Å²) in [6, 6.07) is 8.24. The van der Waals surface area contributed by atoms with Crippen molar-refractivity contribution in [2.24, 2.45) is 5.73 Å². The van der Waals surface area contributed by atoms with Gasteiger partial charge in [0.05, 0.1) is 11.6 Å². The van der Waals surface area contributed by atoms with Crippen LogP contribution in [0.25, 0.3) is 0 Å². The molecule has 104 valence electrons. The molecule has 1 heterocycles. The number of nitrogens with two attached hydrogens (primary N) is 1. The van der Waals surface area contributed by atoms with Gasteiger partial charge in [-0.05, 0) is 31.5 Å². The van der Waals surface area contributed by atoms with E-state index in [0.29, 0.717) is 16.9 Å². The van der Waals surface area contributed by atoms with Crippen LogP contribution in [-0.2, 0) is 0 Å². The lowest BCUT2D eigenvalue weighted by Crippen LogP contribution is -2.18. The van der Waals surface area contributed by atoms with Gasteiger partial charge in [-0.25, -0.2) is 9.37 Å². The molecular formula is C15H16FN3S. The maximum atomic E-state index is 13.8. The highest BCUT2D eigenvalue weighted by Crippen LogP contribution is 2.24. The normalized spacial score (nSPS) is 11.9. The fraction of sp³-hybridized carbons (Fsp3) is 0.200. The molecule has 1 unspecified atom stereocenters. The average molecular weight is 289 g/mol. The van der Waals surface area contributed by atoms with Crippen LogP contribution < -0.4 is 11.1 Å². The van der Waals surface area contributed by atoms with Gasteiger partial charge in [0.25, 0.3) is 0 Å². The SMILES string of the molecule is Cc1ccnc(NC(C)c2ccccc2F)c1C(N)=S. The quantitative estimate of drug-likeness (QED) is 0.848. The number of hydrogen-bond donors (Lipinski definition) is 2. The molecule has 0 radical (unpaired) electrons. The molecule has 0 saturated heterocycles. The van der Waals surface area contributed by atoms with Crippen molar-refractivity contribution in [1.82, 2.24) is 4.98 Å². The predicted octanol–water partition coefficient (Wildman–Crippen LogP) is 3.34. The predicted molar refractivity (Wildman–Crippen MR) is 83.3 cm³/mol.